The first-order chi connectivity index (χ1) is 9.41. The second kappa shape index (κ2) is 5.22. The zero-order chi connectivity index (χ0) is 14.9. The Kier molecular flexibility index (Phi) is 3.62. The molecule has 0 saturated carbocycles. The van der Waals surface area contributed by atoms with Gasteiger partial charge >= 0.3 is 12.1 Å². The number of amides is 1. The molecule has 1 heterocycles. The molecular weight excluding hydrogens is 262 g/mol. The highest BCUT2D eigenvalue weighted by atomic mass is 16.4. The van der Waals surface area contributed by atoms with Gasteiger partial charge in [-0.1, -0.05) is 18.2 Å². The zero-order valence-electron chi connectivity index (χ0n) is 10.9. The monoisotopic (exact) mass is 277 g/mol. The molecule has 0 aliphatic carbocycles. The lowest BCUT2D eigenvalue weighted by atomic mass is 10.2. The Morgan fingerprint density at radius 2 is 2.00 bits per heavy atom. The summed E-state index contributed by atoms with van der Waals surface area (Å²) in [7, 11) is 1.72. The van der Waals surface area contributed by atoms with Crippen LogP contribution in [0, 0.1) is 0 Å². The number of nitrogens with zero attached hydrogens (tertiary/aromatic N) is 2. The summed E-state index contributed by atoms with van der Waals surface area (Å²) in [6.45, 7) is -0.311. The van der Waals surface area contributed by atoms with E-state index in [0.29, 0.717) is 5.82 Å². The highest BCUT2D eigenvalue weighted by molar-refractivity contribution is 5.93. The van der Waals surface area contributed by atoms with Gasteiger partial charge in [0, 0.05) is 18.0 Å². The van der Waals surface area contributed by atoms with E-state index in [2.05, 4.69) is 0 Å². The zero-order valence-corrected chi connectivity index (χ0v) is 10.9. The number of fused-ring (bicyclic) bond motifs is 1. The van der Waals surface area contributed by atoms with E-state index >= 15 is 0 Å². The molecule has 1 aromatic carbocycles. The number of carbonyl (C=O) groups is 2. The first-order valence-electron chi connectivity index (χ1n) is 5.95. The molecule has 0 radical (unpaired) electrons. The minimum Gasteiger partial charge on any atom is -0.480 e. The quantitative estimate of drug-likeness (QED) is 0.774. The van der Waals surface area contributed by atoms with Crippen LogP contribution in [0.15, 0.2) is 30.3 Å². The molecule has 1 atom stereocenters. The number of aliphatic carboxylic acids is 1. The van der Waals surface area contributed by atoms with Crippen molar-refractivity contribution < 1.29 is 19.8 Å². The Balaban J connectivity index is 2.44. The lowest BCUT2D eigenvalue weighted by Crippen LogP contribution is -2.45. The maximum atomic E-state index is 11.4. The number of para-hydroxylation sites is 1. The maximum absolute atomic E-state index is 11.4. The van der Waals surface area contributed by atoms with E-state index < -0.39 is 18.1 Å². The predicted molar refractivity (Wildman–Crippen MR) is 73.9 cm³/mol. The minimum atomic E-state index is -1.27. The van der Waals surface area contributed by atoms with Gasteiger partial charge in [-0.25, -0.2) is 4.79 Å². The average Bonchev–Trinajstić information content (AvgIpc) is 2.73. The van der Waals surface area contributed by atoms with Crippen molar-refractivity contribution in [1.82, 2.24) is 4.57 Å². The van der Waals surface area contributed by atoms with Crippen molar-refractivity contribution in [2.45, 2.75) is 6.04 Å². The molecule has 7 nitrogen and oxygen atoms in total. The molecule has 0 fully saturated rings. The van der Waals surface area contributed by atoms with Crippen LogP contribution in [-0.4, -0.2) is 39.4 Å². The molecule has 0 spiro atoms. The molecule has 0 aliphatic heterocycles. The molecule has 1 amide bonds. The average molecular weight is 277 g/mol. The molecular formula is C13H15N3O4. The summed E-state index contributed by atoms with van der Waals surface area (Å²) in [5.41, 5.74) is 6.28. The van der Waals surface area contributed by atoms with Gasteiger partial charge in [0.15, 0.2) is 0 Å². The fourth-order valence-electron chi connectivity index (χ4n) is 2.08. The van der Waals surface area contributed by atoms with E-state index in [1.54, 1.807) is 17.7 Å². The van der Waals surface area contributed by atoms with Crippen molar-refractivity contribution >= 4 is 28.8 Å². The first kappa shape index (κ1) is 13.9. The predicted octanol–water partition coefficient (Wildman–Crippen LogP) is 1.07. The SMILES string of the molecule is Cn1c(N(C[C@H](N)C(=O)O)C(=O)O)cc2ccccc21. The van der Waals surface area contributed by atoms with E-state index in [0.717, 1.165) is 15.8 Å². The van der Waals surface area contributed by atoms with E-state index in [9.17, 15) is 14.7 Å². The van der Waals surface area contributed by atoms with Gasteiger partial charge in [0.05, 0.1) is 6.54 Å². The molecule has 2 aromatic rings. The van der Waals surface area contributed by atoms with Crippen molar-refractivity contribution in [2.75, 3.05) is 11.4 Å². The van der Waals surface area contributed by atoms with Crippen LogP contribution in [0.4, 0.5) is 10.6 Å². The van der Waals surface area contributed by atoms with Crippen LogP contribution >= 0.6 is 0 Å². The maximum Gasteiger partial charge on any atom is 0.413 e. The molecule has 7 heteroatoms. The Bertz CT molecular complexity index is 665. The second-order valence-corrected chi connectivity index (χ2v) is 4.46. The summed E-state index contributed by atoms with van der Waals surface area (Å²) in [6.07, 6.45) is -1.24. The van der Waals surface area contributed by atoms with Gasteiger partial charge < -0.3 is 20.5 Å². The van der Waals surface area contributed by atoms with Crippen LogP contribution < -0.4 is 10.6 Å². The number of aromatic nitrogens is 1. The molecule has 2 rings (SSSR count). The Hall–Kier alpha value is -2.54. The van der Waals surface area contributed by atoms with Crippen LogP contribution in [0.3, 0.4) is 0 Å². The number of hydrogen-bond donors (Lipinski definition) is 3. The van der Waals surface area contributed by atoms with Gasteiger partial charge in [-0.15, -0.1) is 0 Å². The van der Waals surface area contributed by atoms with E-state index in [1.807, 2.05) is 24.3 Å². The Morgan fingerprint density at radius 3 is 2.55 bits per heavy atom. The largest absolute Gasteiger partial charge is 0.480 e. The smallest absolute Gasteiger partial charge is 0.413 e. The van der Waals surface area contributed by atoms with Gasteiger partial charge in [-0.3, -0.25) is 9.69 Å². The third-order valence-corrected chi connectivity index (χ3v) is 3.13. The third-order valence-electron chi connectivity index (χ3n) is 3.13. The molecule has 1 aromatic heterocycles. The number of anilines is 1. The highest BCUT2D eigenvalue weighted by Crippen LogP contribution is 2.25. The van der Waals surface area contributed by atoms with Crippen LogP contribution in [-0.2, 0) is 11.8 Å². The van der Waals surface area contributed by atoms with Crippen LogP contribution in [0.25, 0.3) is 10.9 Å². The van der Waals surface area contributed by atoms with E-state index in [1.165, 1.54) is 0 Å². The summed E-state index contributed by atoms with van der Waals surface area (Å²) in [5, 5.41) is 19.0. The lowest BCUT2D eigenvalue weighted by Gasteiger charge is -2.21. The number of carboxylic acids is 1. The topological polar surface area (TPSA) is 109 Å². The van der Waals surface area contributed by atoms with Crippen molar-refractivity contribution in [2.24, 2.45) is 12.8 Å². The number of rotatable bonds is 4. The Morgan fingerprint density at radius 1 is 1.35 bits per heavy atom. The van der Waals surface area contributed by atoms with Crippen molar-refractivity contribution in [3.63, 3.8) is 0 Å². The number of carboxylic acid groups (broad SMARTS) is 2. The number of nitrogens with two attached hydrogens (primary N) is 1. The van der Waals surface area contributed by atoms with Crippen molar-refractivity contribution in [3.8, 4) is 0 Å². The highest BCUT2D eigenvalue weighted by Gasteiger charge is 2.24. The molecule has 0 saturated heterocycles. The first-order valence-corrected chi connectivity index (χ1v) is 5.95. The van der Waals surface area contributed by atoms with Gasteiger partial charge in [0.2, 0.25) is 0 Å². The number of benzene rings is 1. The van der Waals surface area contributed by atoms with E-state index in [4.69, 9.17) is 10.8 Å². The summed E-state index contributed by atoms with van der Waals surface area (Å²) >= 11 is 0. The van der Waals surface area contributed by atoms with Gasteiger partial charge in [0.1, 0.15) is 11.9 Å². The summed E-state index contributed by atoms with van der Waals surface area (Å²) in [4.78, 5) is 23.1. The fourth-order valence-corrected chi connectivity index (χ4v) is 2.08. The molecule has 0 unspecified atom stereocenters. The van der Waals surface area contributed by atoms with Crippen LogP contribution in [0.1, 0.15) is 0 Å². The molecule has 0 bridgehead atoms. The van der Waals surface area contributed by atoms with Crippen LogP contribution in [0.2, 0.25) is 0 Å². The summed E-state index contributed by atoms with van der Waals surface area (Å²) in [6, 6.07) is 7.83. The third kappa shape index (κ3) is 2.43. The summed E-state index contributed by atoms with van der Waals surface area (Å²) < 4.78 is 1.69. The standard InChI is InChI=1S/C13H15N3O4/c1-15-10-5-3-2-4-8(10)6-11(15)16(13(19)20)7-9(14)12(17)18/h2-6,9H,7,14H2,1H3,(H,17,18)(H,19,20)/t9-/m0/s1. The lowest BCUT2D eigenvalue weighted by molar-refractivity contribution is -0.138. The minimum absolute atomic E-state index is 0.311. The van der Waals surface area contributed by atoms with E-state index in [-0.39, 0.29) is 6.54 Å². The molecule has 0 aliphatic rings. The van der Waals surface area contributed by atoms with Crippen molar-refractivity contribution in [3.05, 3.63) is 30.3 Å². The normalized spacial score (nSPS) is 12.3. The summed E-state index contributed by atoms with van der Waals surface area (Å²) in [5.74, 6) is -0.856. The van der Waals surface area contributed by atoms with Gasteiger partial charge in [0.25, 0.3) is 0 Å². The van der Waals surface area contributed by atoms with Crippen LogP contribution in [0.5, 0.6) is 0 Å². The van der Waals surface area contributed by atoms with Gasteiger partial charge in [-0.2, -0.15) is 0 Å². The Labute approximate surface area is 114 Å². The molecule has 106 valence electrons. The second-order valence-electron chi connectivity index (χ2n) is 4.46. The fraction of sp³-hybridized carbons (Fsp3) is 0.231. The number of aryl methyl sites for hydroxylation is 1. The number of hydrogen-bond acceptors (Lipinski definition) is 3. The van der Waals surface area contributed by atoms with Gasteiger partial charge in [-0.05, 0) is 12.1 Å². The molecule has 20 heavy (non-hydrogen) atoms. The molecule has 4 N–H and O–H groups in total. The van der Waals surface area contributed by atoms with Crippen molar-refractivity contribution in [1.29, 1.82) is 0 Å².